The summed E-state index contributed by atoms with van der Waals surface area (Å²) in [5.74, 6) is 0. The normalized spacial score (nSPS) is 9.90. The van der Waals surface area contributed by atoms with E-state index in [1.54, 1.807) is 6.20 Å². The molecule has 54 valence electrons. The van der Waals surface area contributed by atoms with E-state index in [-0.39, 0.29) is 6.61 Å². The second kappa shape index (κ2) is 2.99. The Morgan fingerprint density at radius 3 is 2.90 bits per heavy atom. The molecule has 0 saturated carbocycles. The van der Waals surface area contributed by atoms with E-state index in [0.29, 0.717) is 10.7 Å². The van der Waals surface area contributed by atoms with Crippen LogP contribution in [0, 0.1) is 6.92 Å². The molecule has 0 radical (unpaired) electrons. The van der Waals surface area contributed by atoms with Crippen LogP contribution >= 0.6 is 11.6 Å². The van der Waals surface area contributed by atoms with E-state index >= 15 is 0 Å². The van der Waals surface area contributed by atoms with Crippen molar-refractivity contribution >= 4 is 11.6 Å². The number of aliphatic hydroxyl groups excluding tert-OH is 1. The molecule has 3 heteroatoms. The van der Waals surface area contributed by atoms with Gasteiger partial charge in [0.1, 0.15) is 0 Å². The summed E-state index contributed by atoms with van der Waals surface area (Å²) >= 11 is 5.77. The molecule has 2 nitrogen and oxygen atoms in total. The topological polar surface area (TPSA) is 33.1 Å². The maximum absolute atomic E-state index is 8.70. The zero-order valence-corrected chi connectivity index (χ0v) is 6.39. The van der Waals surface area contributed by atoms with Gasteiger partial charge in [0.15, 0.2) is 0 Å². The van der Waals surface area contributed by atoms with Gasteiger partial charge in [-0.15, -0.1) is 0 Å². The van der Waals surface area contributed by atoms with Gasteiger partial charge in [-0.25, -0.2) is 0 Å². The molecule has 0 unspecified atom stereocenters. The third-order valence-electron chi connectivity index (χ3n) is 1.30. The van der Waals surface area contributed by atoms with Crippen molar-refractivity contribution in [3.05, 3.63) is 28.5 Å². The van der Waals surface area contributed by atoms with Crippen molar-refractivity contribution < 1.29 is 5.11 Å². The summed E-state index contributed by atoms with van der Waals surface area (Å²) < 4.78 is 0. The van der Waals surface area contributed by atoms with Gasteiger partial charge in [-0.05, 0) is 18.6 Å². The Morgan fingerprint density at radius 2 is 2.40 bits per heavy atom. The van der Waals surface area contributed by atoms with Crippen molar-refractivity contribution in [1.29, 1.82) is 0 Å². The van der Waals surface area contributed by atoms with Gasteiger partial charge in [0, 0.05) is 6.20 Å². The van der Waals surface area contributed by atoms with E-state index in [1.807, 2.05) is 13.0 Å². The molecule has 0 bridgehead atoms. The summed E-state index contributed by atoms with van der Waals surface area (Å²) in [7, 11) is 0. The molecule has 0 aliphatic rings. The van der Waals surface area contributed by atoms with Gasteiger partial charge >= 0.3 is 0 Å². The maximum atomic E-state index is 8.70. The van der Waals surface area contributed by atoms with Gasteiger partial charge in [0.2, 0.25) is 0 Å². The number of halogens is 1. The third kappa shape index (κ3) is 1.28. The lowest BCUT2D eigenvalue weighted by atomic mass is 10.2. The largest absolute Gasteiger partial charge is 0.390 e. The fourth-order valence-corrected chi connectivity index (χ4v) is 0.878. The molecule has 0 aliphatic carbocycles. The van der Waals surface area contributed by atoms with Crippen LogP contribution in [0.4, 0.5) is 0 Å². The molecule has 0 amide bonds. The summed E-state index contributed by atoms with van der Waals surface area (Å²) in [5.41, 5.74) is 1.49. The molecule has 0 fully saturated rings. The SMILES string of the molecule is Cc1ccnc(CO)c1Cl. The number of rotatable bonds is 1. The van der Waals surface area contributed by atoms with E-state index in [2.05, 4.69) is 4.98 Å². The lowest BCUT2D eigenvalue weighted by Gasteiger charge is -2.00. The van der Waals surface area contributed by atoms with Crippen LogP contribution < -0.4 is 0 Å². The van der Waals surface area contributed by atoms with Crippen LogP contribution in [-0.4, -0.2) is 10.1 Å². The molecule has 0 aliphatic heterocycles. The van der Waals surface area contributed by atoms with Gasteiger partial charge < -0.3 is 5.11 Å². The predicted octanol–water partition coefficient (Wildman–Crippen LogP) is 1.54. The summed E-state index contributed by atoms with van der Waals surface area (Å²) in [6.07, 6.45) is 1.63. The molecule has 1 aromatic rings. The van der Waals surface area contributed by atoms with Crippen LogP contribution in [0.25, 0.3) is 0 Å². The van der Waals surface area contributed by atoms with Crippen LogP contribution in [0.15, 0.2) is 12.3 Å². The zero-order chi connectivity index (χ0) is 7.56. The van der Waals surface area contributed by atoms with Crippen molar-refractivity contribution in [2.75, 3.05) is 0 Å². The van der Waals surface area contributed by atoms with Crippen LogP contribution in [0.3, 0.4) is 0 Å². The Bertz CT molecular complexity index is 237. The van der Waals surface area contributed by atoms with E-state index in [4.69, 9.17) is 16.7 Å². The first-order valence-corrected chi connectivity index (χ1v) is 3.34. The highest BCUT2D eigenvalue weighted by atomic mass is 35.5. The summed E-state index contributed by atoms with van der Waals surface area (Å²) in [6.45, 7) is 1.78. The lowest BCUT2D eigenvalue weighted by molar-refractivity contribution is 0.277. The molecule has 1 heterocycles. The van der Waals surface area contributed by atoms with E-state index in [9.17, 15) is 0 Å². The molecule has 1 aromatic heterocycles. The average Bonchev–Trinajstić information content (AvgIpc) is 1.95. The van der Waals surface area contributed by atoms with Gasteiger partial charge in [-0.3, -0.25) is 4.98 Å². The number of nitrogens with zero attached hydrogens (tertiary/aromatic N) is 1. The minimum Gasteiger partial charge on any atom is -0.390 e. The van der Waals surface area contributed by atoms with Gasteiger partial charge in [-0.2, -0.15) is 0 Å². The Hall–Kier alpha value is -0.600. The standard InChI is InChI=1S/C7H8ClNO/c1-5-2-3-9-6(4-10)7(5)8/h2-3,10H,4H2,1H3. The zero-order valence-electron chi connectivity index (χ0n) is 5.63. The molecular formula is C7H8ClNO. The number of hydrogen-bond acceptors (Lipinski definition) is 2. The van der Waals surface area contributed by atoms with Gasteiger partial charge in [-0.1, -0.05) is 11.6 Å². The van der Waals surface area contributed by atoms with Crippen molar-refractivity contribution in [3.63, 3.8) is 0 Å². The molecule has 0 atom stereocenters. The summed E-state index contributed by atoms with van der Waals surface area (Å²) in [5, 5.41) is 9.26. The smallest absolute Gasteiger partial charge is 0.0868 e. The van der Waals surface area contributed by atoms with Crippen LogP contribution in [0.5, 0.6) is 0 Å². The molecule has 10 heavy (non-hydrogen) atoms. The van der Waals surface area contributed by atoms with Gasteiger partial charge in [0.25, 0.3) is 0 Å². The van der Waals surface area contributed by atoms with Crippen molar-refractivity contribution in [1.82, 2.24) is 4.98 Å². The first-order chi connectivity index (χ1) is 4.75. The average molecular weight is 158 g/mol. The monoisotopic (exact) mass is 157 g/mol. The number of aromatic nitrogens is 1. The number of aliphatic hydroxyl groups is 1. The summed E-state index contributed by atoms with van der Waals surface area (Å²) in [4.78, 5) is 3.88. The highest BCUT2D eigenvalue weighted by Gasteiger charge is 2.00. The fourth-order valence-electron chi connectivity index (χ4n) is 0.707. The Balaban J connectivity index is 3.14. The second-order valence-electron chi connectivity index (χ2n) is 2.05. The minimum atomic E-state index is -0.0967. The molecular weight excluding hydrogens is 150 g/mol. The van der Waals surface area contributed by atoms with E-state index < -0.39 is 0 Å². The minimum absolute atomic E-state index is 0.0967. The quantitative estimate of drug-likeness (QED) is 0.671. The molecule has 0 saturated heterocycles. The predicted molar refractivity (Wildman–Crippen MR) is 39.9 cm³/mol. The first kappa shape index (κ1) is 7.51. The van der Waals surface area contributed by atoms with Gasteiger partial charge in [0.05, 0.1) is 17.3 Å². The Morgan fingerprint density at radius 1 is 1.70 bits per heavy atom. The first-order valence-electron chi connectivity index (χ1n) is 2.96. The fraction of sp³-hybridized carbons (Fsp3) is 0.286. The number of pyridine rings is 1. The van der Waals surface area contributed by atoms with Crippen molar-refractivity contribution in [3.8, 4) is 0 Å². The van der Waals surface area contributed by atoms with Crippen LogP contribution in [-0.2, 0) is 6.61 Å². The lowest BCUT2D eigenvalue weighted by Crippen LogP contribution is -1.91. The van der Waals surface area contributed by atoms with Crippen molar-refractivity contribution in [2.45, 2.75) is 13.5 Å². The maximum Gasteiger partial charge on any atom is 0.0868 e. The summed E-state index contributed by atoms with van der Waals surface area (Å²) in [6, 6.07) is 1.81. The molecule has 0 spiro atoms. The third-order valence-corrected chi connectivity index (χ3v) is 1.82. The highest BCUT2D eigenvalue weighted by molar-refractivity contribution is 6.31. The Kier molecular flexibility index (Phi) is 2.25. The van der Waals surface area contributed by atoms with Crippen molar-refractivity contribution in [2.24, 2.45) is 0 Å². The van der Waals surface area contributed by atoms with Crippen LogP contribution in [0.1, 0.15) is 11.3 Å². The molecule has 1 N–H and O–H groups in total. The Labute approximate surface area is 64.5 Å². The van der Waals surface area contributed by atoms with E-state index in [1.165, 1.54) is 0 Å². The van der Waals surface area contributed by atoms with E-state index in [0.717, 1.165) is 5.56 Å². The van der Waals surface area contributed by atoms with Crippen LogP contribution in [0.2, 0.25) is 5.02 Å². The number of aryl methyl sites for hydroxylation is 1. The highest BCUT2D eigenvalue weighted by Crippen LogP contribution is 2.17. The molecule has 0 aromatic carbocycles. The molecule has 1 rings (SSSR count). The number of hydrogen-bond donors (Lipinski definition) is 1. The second-order valence-corrected chi connectivity index (χ2v) is 2.42.